The van der Waals surface area contributed by atoms with Crippen LogP contribution in [0.1, 0.15) is 33.6 Å². The Kier molecular flexibility index (Phi) is 13.3. The largest absolute Gasteiger partial charge is 0.480 e. The van der Waals surface area contributed by atoms with Crippen molar-refractivity contribution in [3.8, 4) is 0 Å². The number of carbonyl (C=O) groups is 4. The summed E-state index contributed by atoms with van der Waals surface area (Å²) in [6.45, 7) is 3.87. The molecule has 0 aromatic heterocycles. The molecule has 6 atom stereocenters. The lowest BCUT2D eigenvalue weighted by Gasteiger charge is -2.26. The smallest absolute Gasteiger partial charge is 0.326 e. The van der Waals surface area contributed by atoms with Crippen molar-refractivity contribution in [2.45, 2.75) is 63.9 Å². The van der Waals surface area contributed by atoms with Crippen LogP contribution in [-0.4, -0.2) is 87.9 Å². The fourth-order valence-electron chi connectivity index (χ4n) is 2.43. The number of carbonyl (C=O) groups excluding carboxylic acids is 3. The first-order valence-corrected chi connectivity index (χ1v) is 11.1. The van der Waals surface area contributed by atoms with Crippen LogP contribution >= 0.6 is 11.8 Å². The van der Waals surface area contributed by atoms with Gasteiger partial charge in [0.05, 0.1) is 18.8 Å². The van der Waals surface area contributed by atoms with Crippen LogP contribution in [0.25, 0.3) is 0 Å². The van der Waals surface area contributed by atoms with Crippen molar-refractivity contribution in [2.24, 2.45) is 11.7 Å². The van der Waals surface area contributed by atoms with E-state index >= 15 is 0 Å². The molecule has 0 aliphatic carbocycles. The number of carboxylic acids is 1. The van der Waals surface area contributed by atoms with Crippen molar-refractivity contribution >= 4 is 35.5 Å². The molecule has 0 spiro atoms. The summed E-state index contributed by atoms with van der Waals surface area (Å²) < 4.78 is 0. The zero-order valence-corrected chi connectivity index (χ0v) is 18.6. The zero-order chi connectivity index (χ0) is 23.4. The average molecular weight is 451 g/mol. The number of nitrogens with one attached hydrogen (secondary N) is 3. The number of thioether (sulfide) groups is 1. The minimum atomic E-state index is -1.47. The van der Waals surface area contributed by atoms with Crippen LogP contribution in [0.2, 0.25) is 0 Å². The number of aliphatic hydroxyl groups excluding tert-OH is 2. The van der Waals surface area contributed by atoms with Crippen LogP contribution < -0.4 is 21.7 Å². The topological polar surface area (TPSA) is 191 Å². The first-order valence-electron chi connectivity index (χ1n) is 9.67. The second kappa shape index (κ2) is 14.2. The second-order valence-electron chi connectivity index (χ2n) is 7.07. The number of hydrogen-bond donors (Lipinski definition) is 7. The van der Waals surface area contributed by atoms with Crippen LogP contribution in [0.15, 0.2) is 0 Å². The maximum Gasteiger partial charge on any atom is 0.326 e. The van der Waals surface area contributed by atoms with Crippen molar-refractivity contribution in [1.29, 1.82) is 0 Å². The average Bonchev–Trinajstić information content (AvgIpc) is 2.70. The third kappa shape index (κ3) is 9.28. The Morgan fingerprint density at radius 3 is 2.00 bits per heavy atom. The Balaban J connectivity index is 5.15. The first-order chi connectivity index (χ1) is 14.0. The fourth-order valence-corrected chi connectivity index (χ4v) is 2.92. The van der Waals surface area contributed by atoms with E-state index in [1.807, 2.05) is 6.26 Å². The van der Waals surface area contributed by atoms with Crippen molar-refractivity contribution in [3.63, 3.8) is 0 Å². The molecular formula is C18H34N4O7S. The predicted octanol–water partition coefficient (Wildman–Crippen LogP) is -1.97. The molecule has 0 rings (SSSR count). The monoisotopic (exact) mass is 450 g/mol. The number of amides is 3. The molecule has 0 aliphatic rings. The van der Waals surface area contributed by atoms with E-state index in [-0.39, 0.29) is 5.92 Å². The lowest BCUT2D eigenvalue weighted by Crippen LogP contribution is -2.60. The molecule has 0 heterocycles. The van der Waals surface area contributed by atoms with E-state index in [4.69, 9.17) is 5.73 Å². The van der Waals surface area contributed by atoms with Crippen LogP contribution in [0.4, 0.5) is 0 Å². The molecule has 8 N–H and O–H groups in total. The molecule has 174 valence electrons. The Bertz CT molecular complexity index is 591. The number of nitrogens with two attached hydrogens (primary N) is 1. The molecule has 0 aromatic rings. The van der Waals surface area contributed by atoms with Gasteiger partial charge in [0.15, 0.2) is 0 Å². The lowest BCUT2D eigenvalue weighted by atomic mass is 9.99. The lowest BCUT2D eigenvalue weighted by molar-refractivity contribution is -0.144. The Labute approximate surface area is 180 Å². The van der Waals surface area contributed by atoms with Gasteiger partial charge < -0.3 is 37.0 Å². The van der Waals surface area contributed by atoms with Crippen LogP contribution in [0.5, 0.6) is 0 Å². The van der Waals surface area contributed by atoms with Crippen molar-refractivity contribution in [3.05, 3.63) is 0 Å². The van der Waals surface area contributed by atoms with Gasteiger partial charge in [-0.1, -0.05) is 20.3 Å². The van der Waals surface area contributed by atoms with Crippen LogP contribution in [0, 0.1) is 5.92 Å². The van der Waals surface area contributed by atoms with E-state index in [0.717, 1.165) is 0 Å². The Morgan fingerprint density at radius 2 is 1.57 bits per heavy atom. The number of aliphatic carboxylic acids is 1. The zero-order valence-electron chi connectivity index (χ0n) is 17.8. The van der Waals surface area contributed by atoms with E-state index in [9.17, 15) is 34.5 Å². The molecule has 11 nitrogen and oxygen atoms in total. The molecule has 0 fully saturated rings. The molecule has 6 unspecified atom stereocenters. The number of aliphatic hydroxyl groups is 2. The van der Waals surface area contributed by atoms with Gasteiger partial charge >= 0.3 is 5.97 Å². The third-order valence-electron chi connectivity index (χ3n) is 4.62. The molecule has 12 heteroatoms. The SMILES string of the molecule is CCC(C)C(NC(=O)C(CO)NC(=O)C(NC(=O)C(N)CCSC)C(C)O)C(=O)O. The van der Waals surface area contributed by atoms with Gasteiger partial charge in [0.25, 0.3) is 0 Å². The molecular weight excluding hydrogens is 416 g/mol. The highest BCUT2D eigenvalue weighted by atomic mass is 32.2. The summed E-state index contributed by atoms with van der Waals surface area (Å²) in [6, 6.07) is -4.96. The summed E-state index contributed by atoms with van der Waals surface area (Å²) in [5.41, 5.74) is 5.75. The van der Waals surface area contributed by atoms with E-state index in [1.165, 1.54) is 18.7 Å². The Hall–Kier alpha value is -1.89. The van der Waals surface area contributed by atoms with Gasteiger partial charge in [-0.05, 0) is 31.3 Å². The molecule has 0 radical (unpaired) electrons. The summed E-state index contributed by atoms with van der Waals surface area (Å²) in [4.78, 5) is 48.4. The van der Waals surface area contributed by atoms with Gasteiger partial charge in [-0.25, -0.2) is 4.79 Å². The highest BCUT2D eigenvalue weighted by Gasteiger charge is 2.33. The van der Waals surface area contributed by atoms with Gasteiger partial charge in [-0.15, -0.1) is 0 Å². The number of rotatable bonds is 14. The van der Waals surface area contributed by atoms with Crippen molar-refractivity contribution in [1.82, 2.24) is 16.0 Å². The molecule has 0 saturated heterocycles. The predicted molar refractivity (Wildman–Crippen MR) is 113 cm³/mol. The van der Waals surface area contributed by atoms with E-state index < -0.39 is 60.6 Å². The molecule has 0 aliphatic heterocycles. The van der Waals surface area contributed by atoms with E-state index in [1.54, 1.807) is 13.8 Å². The Morgan fingerprint density at radius 1 is 1.00 bits per heavy atom. The molecule has 30 heavy (non-hydrogen) atoms. The third-order valence-corrected chi connectivity index (χ3v) is 5.27. The van der Waals surface area contributed by atoms with Gasteiger partial charge in [-0.2, -0.15) is 11.8 Å². The minimum absolute atomic E-state index is 0.370. The summed E-state index contributed by atoms with van der Waals surface area (Å²) in [7, 11) is 0. The molecule has 3 amide bonds. The van der Waals surface area contributed by atoms with Gasteiger partial charge in [0.2, 0.25) is 17.7 Å². The maximum atomic E-state index is 12.5. The van der Waals surface area contributed by atoms with E-state index in [0.29, 0.717) is 18.6 Å². The van der Waals surface area contributed by atoms with Crippen molar-refractivity contribution < 1.29 is 34.5 Å². The van der Waals surface area contributed by atoms with E-state index in [2.05, 4.69) is 16.0 Å². The highest BCUT2D eigenvalue weighted by molar-refractivity contribution is 7.98. The normalized spacial score (nSPS) is 17.0. The first kappa shape index (κ1) is 28.1. The van der Waals surface area contributed by atoms with Gasteiger partial charge in [0.1, 0.15) is 18.1 Å². The fraction of sp³-hybridized carbons (Fsp3) is 0.778. The number of hydrogen-bond acceptors (Lipinski definition) is 8. The van der Waals surface area contributed by atoms with Crippen LogP contribution in [-0.2, 0) is 19.2 Å². The molecule has 0 saturated carbocycles. The maximum absolute atomic E-state index is 12.5. The highest BCUT2D eigenvalue weighted by Crippen LogP contribution is 2.08. The summed E-state index contributed by atoms with van der Waals surface area (Å²) in [5.74, 6) is -3.44. The summed E-state index contributed by atoms with van der Waals surface area (Å²) in [5, 5.41) is 35.5. The van der Waals surface area contributed by atoms with Crippen molar-refractivity contribution in [2.75, 3.05) is 18.6 Å². The molecule has 0 aromatic carbocycles. The van der Waals surface area contributed by atoms with Gasteiger partial charge in [-0.3, -0.25) is 14.4 Å². The summed E-state index contributed by atoms with van der Waals surface area (Å²) >= 11 is 1.50. The number of carboxylic acid groups (broad SMARTS) is 1. The summed E-state index contributed by atoms with van der Waals surface area (Å²) in [6.07, 6.45) is 1.40. The minimum Gasteiger partial charge on any atom is -0.480 e. The standard InChI is InChI=1S/C18H34N4O7S/c1-5-9(2)13(18(28)29)21-16(26)12(8-23)20-17(27)14(10(3)24)22-15(25)11(19)6-7-30-4/h9-14,23-24H,5-8,19H2,1-4H3,(H,20,27)(H,21,26)(H,22,25)(H,28,29). The van der Waals surface area contributed by atoms with Gasteiger partial charge in [0, 0.05) is 0 Å². The van der Waals surface area contributed by atoms with Crippen LogP contribution in [0.3, 0.4) is 0 Å². The quantitative estimate of drug-likeness (QED) is 0.157. The molecule has 0 bridgehead atoms. The second-order valence-corrected chi connectivity index (χ2v) is 8.05.